The lowest BCUT2D eigenvalue weighted by Crippen LogP contribution is -2.52. The zero-order chi connectivity index (χ0) is 22.4. The van der Waals surface area contributed by atoms with E-state index in [1.165, 1.54) is 12.1 Å². The summed E-state index contributed by atoms with van der Waals surface area (Å²) >= 11 is 0. The highest BCUT2D eigenvalue weighted by atomic mass is 19.4. The summed E-state index contributed by atoms with van der Waals surface area (Å²) in [5, 5.41) is 0. The first kappa shape index (κ1) is 23.4. The number of ether oxygens (including phenoxy) is 1. The van der Waals surface area contributed by atoms with E-state index in [9.17, 15) is 22.8 Å². The van der Waals surface area contributed by atoms with E-state index in [1.807, 2.05) is 16.7 Å². The summed E-state index contributed by atoms with van der Waals surface area (Å²) in [6.45, 7) is 6.50. The van der Waals surface area contributed by atoms with Crippen molar-refractivity contribution in [1.82, 2.24) is 14.7 Å². The minimum Gasteiger partial charge on any atom is -0.406 e. The quantitative estimate of drug-likeness (QED) is 0.680. The molecule has 3 rings (SSSR count). The van der Waals surface area contributed by atoms with Crippen LogP contribution in [0.4, 0.5) is 13.2 Å². The van der Waals surface area contributed by atoms with Crippen molar-refractivity contribution in [3.63, 3.8) is 0 Å². The average molecular weight is 441 g/mol. The molecule has 0 aromatic heterocycles. The monoisotopic (exact) mass is 441 g/mol. The molecule has 1 unspecified atom stereocenters. The SMILES string of the molecule is CCCC(=O)N1CCCC(C(=O)N2CCN(Cc3ccc(OC(F)(F)F)cc3)CC2)C1. The van der Waals surface area contributed by atoms with Crippen molar-refractivity contribution in [3.8, 4) is 5.75 Å². The Morgan fingerprint density at radius 3 is 2.32 bits per heavy atom. The van der Waals surface area contributed by atoms with Gasteiger partial charge >= 0.3 is 6.36 Å². The maximum Gasteiger partial charge on any atom is 0.573 e. The number of carbonyl (C=O) groups excluding carboxylic acids is 2. The Kier molecular flexibility index (Phi) is 7.80. The number of amides is 2. The molecule has 6 nitrogen and oxygen atoms in total. The Hall–Kier alpha value is -2.29. The van der Waals surface area contributed by atoms with Crippen molar-refractivity contribution in [2.45, 2.75) is 45.5 Å². The number of nitrogens with zero attached hydrogens (tertiary/aromatic N) is 3. The minimum atomic E-state index is -4.69. The van der Waals surface area contributed by atoms with Gasteiger partial charge in [0.1, 0.15) is 5.75 Å². The van der Waals surface area contributed by atoms with Gasteiger partial charge in [0, 0.05) is 52.2 Å². The summed E-state index contributed by atoms with van der Waals surface area (Å²) in [6.07, 6.45) is -1.67. The third-order valence-electron chi connectivity index (χ3n) is 5.83. The maximum absolute atomic E-state index is 13.0. The molecule has 2 saturated heterocycles. The van der Waals surface area contributed by atoms with E-state index >= 15 is 0 Å². The Bertz CT molecular complexity index is 747. The number of piperazine rings is 1. The number of hydrogen-bond acceptors (Lipinski definition) is 4. The van der Waals surface area contributed by atoms with Crippen LogP contribution in [0.2, 0.25) is 0 Å². The smallest absolute Gasteiger partial charge is 0.406 e. The summed E-state index contributed by atoms with van der Waals surface area (Å²) in [5.41, 5.74) is 0.895. The number of hydrogen-bond donors (Lipinski definition) is 0. The maximum atomic E-state index is 13.0. The van der Waals surface area contributed by atoms with Gasteiger partial charge in [-0.3, -0.25) is 14.5 Å². The van der Waals surface area contributed by atoms with Gasteiger partial charge in [-0.25, -0.2) is 0 Å². The molecule has 1 aromatic rings. The van der Waals surface area contributed by atoms with E-state index in [-0.39, 0.29) is 23.5 Å². The molecule has 9 heteroatoms. The summed E-state index contributed by atoms with van der Waals surface area (Å²) in [6, 6.07) is 5.89. The first-order valence-corrected chi connectivity index (χ1v) is 10.9. The molecule has 0 saturated carbocycles. The predicted octanol–water partition coefficient (Wildman–Crippen LogP) is 3.27. The van der Waals surface area contributed by atoms with E-state index in [4.69, 9.17) is 0 Å². The van der Waals surface area contributed by atoms with Gasteiger partial charge in [-0.05, 0) is 37.0 Å². The normalized spacial score (nSPS) is 20.6. The Morgan fingerprint density at radius 2 is 1.71 bits per heavy atom. The van der Waals surface area contributed by atoms with Gasteiger partial charge < -0.3 is 14.5 Å². The van der Waals surface area contributed by atoms with Gasteiger partial charge in [0.25, 0.3) is 0 Å². The van der Waals surface area contributed by atoms with Crippen LogP contribution in [-0.2, 0) is 16.1 Å². The van der Waals surface area contributed by atoms with Gasteiger partial charge in [-0.2, -0.15) is 0 Å². The van der Waals surface area contributed by atoms with Crippen LogP contribution in [-0.4, -0.2) is 72.1 Å². The van der Waals surface area contributed by atoms with Crippen molar-refractivity contribution in [3.05, 3.63) is 29.8 Å². The van der Waals surface area contributed by atoms with Gasteiger partial charge in [-0.15, -0.1) is 13.2 Å². The van der Waals surface area contributed by atoms with Crippen LogP contribution in [0.3, 0.4) is 0 Å². The molecule has 2 aliphatic rings. The highest BCUT2D eigenvalue weighted by Crippen LogP contribution is 2.24. The molecule has 2 heterocycles. The topological polar surface area (TPSA) is 53.1 Å². The summed E-state index contributed by atoms with van der Waals surface area (Å²) in [5.74, 6) is -0.0911. The van der Waals surface area contributed by atoms with Crippen LogP contribution >= 0.6 is 0 Å². The van der Waals surface area contributed by atoms with Gasteiger partial charge in [0.2, 0.25) is 11.8 Å². The minimum absolute atomic E-state index is 0.123. The number of piperidine rings is 1. The second-order valence-electron chi connectivity index (χ2n) is 8.22. The van der Waals surface area contributed by atoms with E-state index < -0.39 is 6.36 Å². The molecule has 2 aliphatic heterocycles. The van der Waals surface area contributed by atoms with E-state index in [2.05, 4.69) is 9.64 Å². The van der Waals surface area contributed by atoms with E-state index in [0.29, 0.717) is 45.7 Å². The summed E-state index contributed by atoms with van der Waals surface area (Å²) < 4.78 is 40.7. The van der Waals surface area contributed by atoms with Crippen LogP contribution in [0.1, 0.15) is 38.2 Å². The molecule has 0 aliphatic carbocycles. The highest BCUT2D eigenvalue weighted by molar-refractivity contribution is 5.81. The molecular formula is C22H30F3N3O3. The molecule has 2 fully saturated rings. The Balaban J connectivity index is 1.46. The highest BCUT2D eigenvalue weighted by Gasteiger charge is 2.33. The number of halogens is 3. The van der Waals surface area contributed by atoms with Crippen LogP contribution in [0.15, 0.2) is 24.3 Å². The molecule has 1 aromatic carbocycles. The van der Waals surface area contributed by atoms with Crippen molar-refractivity contribution in [2.24, 2.45) is 5.92 Å². The number of alkyl halides is 3. The van der Waals surface area contributed by atoms with Crippen LogP contribution in [0.5, 0.6) is 5.75 Å². The van der Waals surface area contributed by atoms with Crippen molar-refractivity contribution < 1.29 is 27.5 Å². The molecule has 0 spiro atoms. The number of likely N-dealkylation sites (tertiary alicyclic amines) is 1. The van der Waals surface area contributed by atoms with Crippen LogP contribution in [0, 0.1) is 5.92 Å². The first-order chi connectivity index (χ1) is 14.7. The lowest BCUT2D eigenvalue weighted by Gasteiger charge is -2.39. The second kappa shape index (κ2) is 10.3. The standard InChI is InChI=1S/C22H30F3N3O3/c1-2-4-20(29)28-10-3-5-18(16-28)21(30)27-13-11-26(12-14-27)15-17-6-8-19(9-7-17)31-22(23,24)25/h6-9,18H,2-5,10-16H2,1H3. The summed E-state index contributed by atoms with van der Waals surface area (Å²) in [4.78, 5) is 31.0. The largest absolute Gasteiger partial charge is 0.573 e. The Labute approximate surface area is 180 Å². The van der Waals surface area contributed by atoms with Crippen LogP contribution in [0.25, 0.3) is 0 Å². The lowest BCUT2D eigenvalue weighted by molar-refractivity contribution is -0.274. The lowest BCUT2D eigenvalue weighted by atomic mass is 9.95. The molecule has 0 N–H and O–H groups in total. The van der Waals surface area contributed by atoms with Crippen molar-refractivity contribution >= 4 is 11.8 Å². The molecule has 0 bridgehead atoms. The first-order valence-electron chi connectivity index (χ1n) is 10.9. The van der Waals surface area contributed by atoms with Gasteiger partial charge in [0.15, 0.2) is 0 Å². The van der Waals surface area contributed by atoms with Crippen molar-refractivity contribution in [1.29, 1.82) is 0 Å². The number of rotatable bonds is 6. The fourth-order valence-electron chi connectivity index (χ4n) is 4.22. The zero-order valence-corrected chi connectivity index (χ0v) is 17.9. The second-order valence-corrected chi connectivity index (χ2v) is 8.22. The third-order valence-corrected chi connectivity index (χ3v) is 5.83. The van der Waals surface area contributed by atoms with Gasteiger partial charge in [0.05, 0.1) is 5.92 Å². The van der Waals surface area contributed by atoms with Crippen LogP contribution < -0.4 is 4.74 Å². The van der Waals surface area contributed by atoms with E-state index in [1.54, 1.807) is 12.1 Å². The third kappa shape index (κ3) is 6.85. The molecule has 2 amide bonds. The zero-order valence-electron chi connectivity index (χ0n) is 17.9. The number of carbonyl (C=O) groups is 2. The Morgan fingerprint density at radius 1 is 1.03 bits per heavy atom. The predicted molar refractivity (Wildman–Crippen MR) is 109 cm³/mol. The number of benzene rings is 1. The summed E-state index contributed by atoms with van der Waals surface area (Å²) in [7, 11) is 0. The molecule has 31 heavy (non-hydrogen) atoms. The molecular weight excluding hydrogens is 411 g/mol. The molecule has 0 radical (unpaired) electrons. The molecule has 172 valence electrons. The fourth-order valence-corrected chi connectivity index (χ4v) is 4.22. The fraction of sp³-hybridized carbons (Fsp3) is 0.636. The van der Waals surface area contributed by atoms with E-state index in [0.717, 1.165) is 31.4 Å². The molecule has 1 atom stereocenters. The average Bonchev–Trinajstić information content (AvgIpc) is 2.74. The van der Waals surface area contributed by atoms with Gasteiger partial charge in [-0.1, -0.05) is 19.1 Å². The van der Waals surface area contributed by atoms with Crippen molar-refractivity contribution in [2.75, 3.05) is 39.3 Å².